The van der Waals surface area contributed by atoms with Gasteiger partial charge in [-0.1, -0.05) is 0 Å². The molecule has 1 aliphatic heterocycles. The zero-order valence-corrected chi connectivity index (χ0v) is 16.5. The molecule has 1 aliphatic rings. The van der Waals surface area contributed by atoms with E-state index < -0.39 is 5.97 Å². The molecule has 0 aromatic carbocycles. The summed E-state index contributed by atoms with van der Waals surface area (Å²) in [4.78, 5) is 41.8. The Labute approximate surface area is 159 Å². The minimum Gasteiger partial charge on any atom is -0.461 e. The molecule has 8 heteroatoms. The van der Waals surface area contributed by atoms with Gasteiger partial charge in [0.1, 0.15) is 5.69 Å². The Morgan fingerprint density at radius 2 is 2.04 bits per heavy atom. The van der Waals surface area contributed by atoms with E-state index in [1.54, 1.807) is 20.8 Å². The van der Waals surface area contributed by atoms with Gasteiger partial charge in [0.25, 0.3) is 0 Å². The third-order valence-corrected chi connectivity index (χ3v) is 4.59. The summed E-state index contributed by atoms with van der Waals surface area (Å²) in [5.74, 6) is -0.710. The summed E-state index contributed by atoms with van der Waals surface area (Å²) in [5, 5.41) is 2.74. The van der Waals surface area contributed by atoms with E-state index in [-0.39, 0.29) is 36.8 Å². The summed E-state index contributed by atoms with van der Waals surface area (Å²) in [6.45, 7) is 8.70. The summed E-state index contributed by atoms with van der Waals surface area (Å²) < 4.78 is 10.6. The second-order valence-electron chi connectivity index (χ2n) is 6.62. The molecule has 1 unspecified atom stereocenters. The van der Waals surface area contributed by atoms with E-state index >= 15 is 0 Å². The summed E-state index contributed by atoms with van der Waals surface area (Å²) in [7, 11) is 0. The minimum atomic E-state index is -0.489. The number of ketones is 1. The van der Waals surface area contributed by atoms with Crippen LogP contribution in [0.5, 0.6) is 0 Å². The number of nitrogens with one attached hydrogen (secondary N) is 2. The number of H-pyrrole nitrogens is 1. The van der Waals surface area contributed by atoms with Gasteiger partial charge < -0.3 is 24.7 Å². The number of ether oxygens (including phenoxy) is 2. The first-order valence-corrected chi connectivity index (χ1v) is 9.42. The molecule has 0 saturated carbocycles. The van der Waals surface area contributed by atoms with E-state index in [0.29, 0.717) is 36.5 Å². The molecule has 1 aromatic rings. The monoisotopic (exact) mass is 379 g/mol. The van der Waals surface area contributed by atoms with Crippen molar-refractivity contribution in [3.63, 3.8) is 0 Å². The molecule has 150 valence electrons. The van der Waals surface area contributed by atoms with Crippen LogP contribution in [-0.4, -0.2) is 66.6 Å². The first-order valence-electron chi connectivity index (χ1n) is 9.42. The molecule has 1 atom stereocenters. The van der Waals surface area contributed by atoms with Crippen molar-refractivity contribution in [1.29, 1.82) is 0 Å². The lowest BCUT2D eigenvalue weighted by atomic mass is 10.0. The van der Waals surface area contributed by atoms with Crippen LogP contribution in [0.15, 0.2) is 0 Å². The van der Waals surface area contributed by atoms with Crippen LogP contribution in [0.25, 0.3) is 0 Å². The van der Waals surface area contributed by atoms with E-state index in [0.717, 1.165) is 12.8 Å². The Bertz CT molecular complexity index is 692. The van der Waals surface area contributed by atoms with Crippen LogP contribution in [0, 0.1) is 13.8 Å². The Balaban J connectivity index is 2.18. The highest BCUT2D eigenvalue weighted by molar-refractivity contribution is 6.04. The number of aryl methyl sites for hydroxylation is 1. The normalized spacial score (nSPS) is 16.2. The van der Waals surface area contributed by atoms with E-state index in [4.69, 9.17) is 9.47 Å². The number of urea groups is 1. The topological polar surface area (TPSA) is 101 Å². The van der Waals surface area contributed by atoms with Crippen molar-refractivity contribution in [3.05, 3.63) is 22.5 Å². The number of hydrogen-bond donors (Lipinski definition) is 2. The van der Waals surface area contributed by atoms with Crippen molar-refractivity contribution < 1.29 is 23.9 Å². The van der Waals surface area contributed by atoms with Crippen molar-refractivity contribution in [2.45, 2.75) is 46.6 Å². The van der Waals surface area contributed by atoms with Gasteiger partial charge in [-0.3, -0.25) is 4.79 Å². The lowest BCUT2D eigenvalue weighted by Gasteiger charge is -2.25. The number of esters is 1. The predicted molar refractivity (Wildman–Crippen MR) is 100 cm³/mol. The maximum atomic E-state index is 12.9. The van der Waals surface area contributed by atoms with Gasteiger partial charge in [0.2, 0.25) is 0 Å². The molecule has 1 fully saturated rings. The molecule has 27 heavy (non-hydrogen) atoms. The molecule has 0 bridgehead atoms. The molecule has 2 amide bonds. The lowest BCUT2D eigenvalue weighted by Crippen LogP contribution is -2.46. The maximum absolute atomic E-state index is 12.9. The SMILES string of the molecule is CCNC(=O)N(CC(=O)c1c(C)[nH]c(C(=O)OCC)c1C)CC1CCCO1. The van der Waals surface area contributed by atoms with Gasteiger partial charge in [0.05, 0.1) is 19.3 Å². The van der Waals surface area contributed by atoms with Crippen molar-refractivity contribution in [3.8, 4) is 0 Å². The lowest BCUT2D eigenvalue weighted by molar-refractivity contribution is 0.0519. The first kappa shape index (κ1) is 21.0. The zero-order valence-electron chi connectivity index (χ0n) is 16.5. The highest BCUT2D eigenvalue weighted by Crippen LogP contribution is 2.20. The molecule has 8 nitrogen and oxygen atoms in total. The number of carbonyl (C=O) groups excluding carboxylic acids is 3. The number of hydrogen-bond acceptors (Lipinski definition) is 5. The van der Waals surface area contributed by atoms with Gasteiger partial charge in [-0.05, 0) is 46.1 Å². The number of rotatable bonds is 8. The van der Waals surface area contributed by atoms with E-state index in [9.17, 15) is 14.4 Å². The number of nitrogens with zero attached hydrogens (tertiary/aromatic N) is 1. The van der Waals surface area contributed by atoms with Crippen LogP contribution in [0.2, 0.25) is 0 Å². The average Bonchev–Trinajstić information content (AvgIpc) is 3.22. The molecule has 0 radical (unpaired) electrons. The summed E-state index contributed by atoms with van der Waals surface area (Å²) in [6, 6.07) is -0.294. The summed E-state index contributed by atoms with van der Waals surface area (Å²) in [5.41, 5.74) is 1.85. The summed E-state index contributed by atoms with van der Waals surface area (Å²) >= 11 is 0. The summed E-state index contributed by atoms with van der Waals surface area (Å²) in [6.07, 6.45) is 1.78. The van der Waals surface area contributed by atoms with Crippen LogP contribution in [0.3, 0.4) is 0 Å². The maximum Gasteiger partial charge on any atom is 0.355 e. The van der Waals surface area contributed by atoms with Crippen LogP contribution in [-0.2, 0) is 9.47 Å². The van der Waals surface area contributed by atoms with Crippen molar-refractivity contribution in [1.82, 2.24) is 15.2 Å². The fraction of sp³-hybridized carbons (Fsp3) is 0.632. The predicted octanol–water partition coefficient (Wildman–Crippen LogP) is 2.20. The average molecular weight is 379 g/mol. The number of carbonyl (C=O) groups is 3. The second kappa shape index (κ2) is 9.55. The molecular formula is C19H29N3O5. The van der Waals surface area contributed by atoms with Crippen LogP contribution >= 0.6 is 0 Å². The Morgan fingerprint density at radius 3 is 2.63 bits per heavy atom. The molecule has 2 heterocycles. The molecule has 2 rings (SSSR count). The largest absolute Gasteiger partial charge is 0.461 e. The Morgan fingerprint density at radius 1 is 1.30 bits per heavy atom. The third kappa shape index (κ3) is 5.09. The molecule has 1 saturated heterocycles. The fourth-order valence-corrected chi connectivity index (χ4v) is 3.34. The van der Waals surface area contributed by atoms with E-state index in [1.165, 1.54) is 4.90 Å². The number of aromatic amines is 1. The van der Waals surface area contributed by atoms with Gasteiger partial charge >= 0.3 is 12.0 Å². The van der Waals surface area contributed by atoms with E-state index in [2.05, 4.69) is 10.3 Å². The van der Waals surface area contributed by atoms with Crippen molar-refractivity contribution in [2.75, 3.05) is 32.8 Å². The first-order chi connectivity index (χ1) is 12.9. The van der Waals surface area contributed by atoms with Crippen LogP contribution < -0.4 is 5.32 Å². The Kier molecular flexibility index (Phi) is 7.41. The fourth-order valence-electron chi connectivity index (χ4n) is 3.34. The van der Waals surface area contributed by atoms with Gasteiger partial charge in [-0.2, -0.15) is 0 Å². The van der Waals surface area contributed by atoms with Crippen LogP contribution in [0.4, 0.5) is 4.79 Å². The quantitative estimate of drug-likeness (QED) is 0.533. The highest BCUT2D eigenvalue weighted by atomic mass is 16.5. The van der Waals surface area contributed by atoms with Gasteiger partial charge in [-0.15, -0.1) is 0 Å². The Hall–Kier alpha value is -2.35. The number of Topliss-reactive ketones (excluding diaryl/α,β-unsaturated/α-hetero) is 1. The second-order valence-corrected chi connectivity index (χ2v) is 6.62. The van der Waals surface area contributed by atoms with Crippen molar-refractivity contribution >= 4 is 17.8 Å². The molecular weight excluding hydrogens is 350 g/mol. The molecule has 2 N–H and O–H groups in total. The van der Waals surface area contributed by atoms with E-state index in [1.807, 2.05) is 6.92 Å². The standard InChI is InChI=1S/C19H29N3O5/c1-5-20-19(25)22(10-14-8-7-9-27-14)11-15(23)16-12(3)17(21-13(16)4)18(24)26-6-2/h14,21H,5-11H2,1-4H3,(H,20,25). The smallest absolute Gasteiger partial charge is 0.355 e. The third-order valence-electron chi connectivity index (χ3n) is 4.59. The molecule has 0 spiro atoms. The van der Waals surface area contributed by atoms with Crippen LogP contribution in [0.1, 0.15) is 58.8 Å². The zero-order chi connectivity index (χ0) is 20.0. The van der Waals surface area contributed by atoms with Crippen molar-refractivity contribution in [2.24, 2.45) is 0 Å². The van der Waals surface area contributed by atoms with Gasteiger partial charge in [0, 0.05) is 31.0 Å². The van der Waals surface area contributed by atoms with Gasteiger partial charge in [0.15, 0.2) is 5.78 Å². The minimum absolute atomic E-state index is 0.0519. The molecule has 0 aliphatic carbocycles. The highest BCUT2D eigenvalue weighted by Gasteiger charge is 2.28. The van der Waals surface area contributed by atoms with Gasteiger partial charge in [-0.25, -0.2) is 9.59 Å². The number of amides is 2. The number of aromatic nitrogens is 1. The molecule has 1 aromatic heterocycles.